The summed E-state index contributed by atoms with van der Waals surface area (Å²) >= 11 is 0. The summed E-state index contributed by atoms with van der Waals surface area (Å²) in [6.07, 6.45) is 4.34. The third-order valence-corrected chi connectivity index (χ3v) is 9.56. The van der Waals surface area contributed by atoms with Crippen LogP contribution in [0.2, 0.25) is 0 Å². The first-order chi connectivity index (χ1) is 24.8. The van der Waals surface area contributed by atoms with E-state index in [0.717, 1.165) is 39.7 Å². The molecule has 0 heterocycles. The molecule has 0 aliphatic heterocycles. The van der Waals surface area contributed by atoms with Gasteiger partial charge < -0.3 is 9.80 Å². The van der Waals surface area contributed by atoms with E-state index in [0.29, 0.717) is 0 Å². The molecule has 0 unspecified atom stereocenters. The highest BCUT2D eigenvalue weighted by Gasteiger charge is 2.21. The Labute approximate surface area is 292 Å². The van der Waals surface area contributed by atoms with Crippen molar-refractivity contribution >= 4 is 78.6 Å². The largest absolute Gasteiger partial charge is 0.310 e. The van der Waals surface area contributed by atoms with Gasteiger partial charge >= 0.3 is 0 Å². The van der Waals surface area contributed by atoms with Gasteiger partial charge in [0.2, 0.25) is 0 Å². The number of nitrogens with zero attached hydrogens (tertiary/aromatic N) is 2. The third-order valence-electron chi connectivity index (χ3n) is 9.56. The van der Waals surface area contributed by atoms with Crippen LogP contribution in [0, 0.1) is 0 Å². The Balaban J connectivity index is 1.22. The molecule has 0 aliphatic rings. The smallest absolute Gasteiger partial charge is 0.0540 e. The number of hydrogen-bond acceptors (Lipinski definition) is 2. The molecular formula is C48H34N2. The van der Waals surface area contributed by atoms with Crippen LogP contribution in [-0.4, -0.2) is 0 Å². The fourth-order valence-corrected chi connectivity index (χ4v) is 7.24. The van der Waals surface area contributed by atoms with Gasteiger partial charge in [-0.2, -0.15) is 0 Å². The van der Waals surface area contributed by atoms with Crippen molar-refractivity contribution in [2.75, 3.05) is 9.80 Å². The van der Waals surface area contributed by atoms with E-state index in [1.807, 2.05) is 6.07 Å². The molecule has 0 bridgehead atoms. The lowest BCUT2D eigenvalue weighted by atomic mass is 9.91. The summed E-state index contributed by atoms with van der Waals surface area (Å²) in [5.41, 5.74) is 9.16. The molecule has 0 N–H and O–H groups in total. The van der Waals surface area contributed by atoms with E-state index in [-0.39, 0.29) is 0 Å². The first-order valence-corrected chi connectivity index (χ1v) is 17.1. The second kappa shape index (κ2) is 12.8. The van der Waals surface area contributed by atoms with Crippen LogP contribution < -0.4 is 9.80 Å². The Hall–Kier alpha value is -6.64. The van der Waals surface area contributed by atoms with Crippen molar-refractivity contribution in [3.8, 4) is 0 Å². The molecule has 50 heavy (non-hydrogen) atoms. The lowest BCUT2D eigenvalue weighted by Crippen LogP contribution is -2.11. The van der Waals surface area contributed by atoms with Gasteiger partial charge in [0.05, 0.1) is 11.4 Å². The van der Waals surface area contributed by atoms with Gasteiger partial charge in [0.1, 0.15) is 0 Å². The van der Waals surface area contributed by atoms with Gasteiger partial charge in [-0.1, -0.05) is 146 Å². The van der Waals surface area contributed by atoms with Crippen molar-refractivity contribution in [3.63, 3.8) is 0 Å². The van der Waals surface area contributed by atoms with Gasteiger partial charge in [-0.15, -0.1) is 0 Å². The van der Waals surface area contributed by atoms with Crippen LogP contribution in [0.25, 0.3) is 44.5 Å². The monoisotopic (exact) mass is 638 g/mol. The third kappa shape index (κ3) is 5.34. The van der Waals surface area contributed by atoms with Crippen molar-refractivity contribution in [2.45, 2.75) is 0 Å². The Morgan fingerprint density at radius 3 is 1.04 bits per heavy atom. The molecule has 9 rings (SSSR count). The summed E-state index contributed by atoms with van der Waals surface area (Å²) in [6, 6.07) is 69.6. The van der Waals surface area contributed by atoms with Crippen molar-refractivity contribution in [3.05, 3.63) is 205 Å². The highest BCUT2D eigenvalue weighted by molar-refractivity contribution is 6.28. The molecule has 0 spiro atoms. The fourth-order valence-electron chi connectivity index (χ4n) is 7.24. The van der Waals surface area contributed by atoms with Gasteiger partial charge in [0.25, 0.3) is 0 Å². The highest BCUT2D eigenvalue weighted by Crippen LogP contribution is 2.47. The zero-order valence-electron chi connectivity index (χ0n) is 27.5. The van der Waals surface area contributed by atoms with Crippen LogP contribution >= 0.6 is 0 Å². The summed E-state index contributed by atoms with van der Waals surface area (Å²) < 4.78 is 0. The van der Waals surface area contributed by atoms with Crippen LogP contribution in [0.4, 0.5) is 34.1 Å². The molecule has 0 saturated heterocycles. The molecule has 236 valence electrons. The topological polar surface area (TPSA) is 6.48 Å². The molecule has 2 nitrogen and oxygen atoms in total. The normalized spacial score (nSPS) is 11.5. The summed E-state index contributed by atoms with van der Waals surface area (Å²) in [5, 5.41) is 7.49. The average Bonchev–Trinajstić information content (AvgIpc) is 3.19. The Bertz CT molecular complexity index is 2520. The maximum atomic E-state index is 2.39. The molecule has 9 aromatic carbocycles. The maximum absolute atomic E-state index is 2.39. The minimum Gasteiger partial charge on any atom is -0.310 e. The minimum absolute atomic E-state index is 1.11. The lowest BCUT2D eigenvalue weighted by Gasteiger charge is -2.29. The van der Waals surface area contributed by atoms with E-state index in [1.165, 1.54) is 37.9 Å². The summed E-state index contributed by atoms with van der Waals surface area (Å²) in [7, 11) is 0. The number of anilines is 6. The molecule has 0 aliphatic carbocycles. The standard InChI is InChI=1S/C48H34N2/c1-5-13-35(14-6-1)21-22-36-23-29-42(30-24-36)50(41-19-11-4-12-20-41)46-34-28-38-25-31-43-45(33-27-37-26-32-44(46)48(38)47(37)43)49(39-15-7-2-8-16-39)40-17-9-3-10-18-40/h1-34H/b22-21-. The van der Waals surface area contributed by atoms with Gasteiger partial charge in [-0.05, 0) is 93.3 Å². The first kappa shape index (κ1) is 29.5. The molecule has 2 heteroatoms. The molecule has 0 fully saturated rings. The maximum Gasteiger partial charge on any atom is 0.0540 e. The van der Waals surface area contributed by atoms with Crippen molar-refractivity contribution in [2.24, 2.45) is 0 Å². The van der Waals surface area contributed by atoms with Crippen LogP contribution in [0.15, 0.2) is 194 Å². The molecule has 0 saturated carbocycles. The Morgan fingerprint density at radius 1 is 0.280 bits per heavy atom. The molecule has 0 aromatic heterocycles. The van der Waals surface area contributed by atoms with Crippen LogP contribution in [-0.2, 0) is 0 Å². The number of hydrogen-bond donors (Lipinski definition) is 0. The van der Waals surface area contributed by atoms with Crippen molar-refractivity contribution in [1.82, 2.24) is 0 Å². The van der Waals surface area contributed by atoms with Crippen LogP contribution in [0.3, 0.4) is 0 Å². The number of rotatable bonds is 8. The van der Waals surface area contributed by atoms with Crippen LogP contribution in [0.1, 0.15) is 11.1 Å². The Morgan fingerprint density at radius 2 is 0.620 bits per heavy atom. The van der Waals surface area contributed by atoms with E-state index in [9.17, 15) is 0 Å². The lowest BCUT2D eigenvalue weighted by molar-refractivity contribution is 1.30. The van der Waals surface area contributed by atoms with E-state index in [4.69, 9.17) is 0 Å². The SMILES string of the molecule is C(=C/c1ccc(N(c2ccccc2)c2ccc3ccc4c(N(c5ccccc5)c5ccccc5)ccc5ccc2c3c54)cc1)/c1ccccc1. The fraction of sp³-hybridized carbons (Fsp3) is 0. The predicted octanol–water partition coefficient (Wildman–Crippen LogP) is 13.7. The second-order valence-corrected chi connectivity index (χ2v) is 12.6. The molecule has 0 amide bonds. The highest BCUT2D eigenvalue weighted by atomic mass is 15.1. The molecule has 0 atom stereocenters. The average molecular weight is 639 g/mol. The van der Waals surface area contributed by atoms with Crippen LogP contribution in [0.5, 0.6) is 0 Å². The molecule has 9 aromatic rings. The number of benzene rings is 9. The van der Waals surface area contributed by atoms with Gasteiger partial charge in [-0.25, -0.2) is 0 Å². The van der Waals surface area contributed by atoms with Gasteiger partial charge in [0, 0.05) is 33.5 Å². The second-order valence-electron chi connectivity index (χ2n) is 12.6. The van der Waals surface area contributed by atoms with E-state index in [2.05, 4.69) is 210 Å². The molecular weight excluding hydrogens is 605 g/mol. The first-order valence-electron chi connectivity index (χ1n) is 17.1. The quantitative estimate of drug-likeness (QED) is 0.121. The summed E-state index contributed by atoms with van der Waals surface area (Å²) in [4.78, 5) is 4.76. The predicted molar refractivity (Wildman–Crippen MR) is 215 cm³/mol. The van der Waals surface area contributed by atoms with E-state index in [1.54, 1.807) is 0 Å². The van der Waals surface area contributed by atoms with Crippen molar-refractivity contribution < 1.29 is 0 Å². The van der Waals surface area contributed by atoms with Gasteiger partial charge in [0.15, 0.2) is 0 Å². The van der Waals surface area contributed by atoms with Gasteiger partial charge in [-0.3, -0.25) is 0 Å². The van der Waals surface area contributed by atoms with Crippen molar-refractivity contribution in [1.29, 1.82) is 0 Å². The minimum atomic E-state index is 1.11. The summed E-state index contributed by atoms with van der Waals surface area (Å²) in [6.45, 7) is 0. The molecule has 0 radical (unpaired) electrons. The van der Waals surface area contributed by atoms with E-state index < -0.39 is 0 Å². The zero-order chi connectivity index (χ0) is 33.3. The summed E-state index contributed by atoms with van der Waals surface area (Å²) in [5.74, 6) is 0. The number of para-hydroxylation sites is 3. The van der Waals surface area contributed by atoms with E-state index >= 15 is 0 Å². The Kier molecular flexibility index (Phi) is 7.53. The zero-order valence-corrected chi connectivity index (χ0v) is 27.5.